The fourth-order valence-electron chi connectivity index (χ4n) is 3.86. The normalized spacial score (nSPS) is 23.8. The summed E-state index contributed by atoms with van der Waals surface area (Å²) in [5, 5.41) is 7.04. The van der Waals surface area contributed by atoms with E-state index in [1.807, 2.05) is 6.20 Å². The molecule has 0 unspecified atom stereocenters. The number of hydrogen-bond acceptors (Lipinski definition) is 4. The molecule has 0 bridgehead atoms. The Hall–Kier alpha value is -1.09. The van der Waals surface area contributed by atoms with Crippen LogP contribution in [0.5, 0.6) is 0 Å². The number of aromatic nitrogens is 1. The maximum Gasteiger partial charge on any atom is 0.191 e. The Morgan fingerprint density at radius 1 is 1.18 bits per heavy atom. The molecule has 158 valence electrons. The maximum atomic E-state index is 4.84. The lowest BCUT2D eigenvalue weighted by molar-refractivity contribution is 0.312. The van der Waals surface area contributed by atoms with Crippen molar-refractivity contribution in [1.82, 2.24) is 20.5 Å². The molecular weight excluding hydrogens is 463 g/mol. The quantitative estimate of drug-likeness (QED) is 0.370. The number of guanidine groups is 1. The van der Waals surface area contributed by atoms with E-state index in [0.29, 0.717) is 12.6 Å². The second-order valence-corrected chi connectivity index (χ2v) is 8.11. The van der Waals surface area contributed by atoms with Gasteiger partial charge < -0.3 is 20.4 Å². The number of likely N-dealkylation sites (N-methyl/N-ethyl adjacent to an activating group) is 1. The molecule has 2 heterocycles. The Morgan fingerprint density at radius 2 is 1.89 bits per heavy atom. The molecule has 0 aromatic carbocycles. The van der Waals surface area contributed by atoms with E-state index in [2.05, 4.69) is 58.4 Å². The highest BCUT2D eigenvalue weighted by atomic mass is 127. The van der Waals surface area contributed by atoms with E-state index in [4.69, 9.17) is 4.99 Å². The van der Waals surface area contributed by atoms with Crippen LogP contribution < -0.4 is 15.5 Å². The lowest BCUT2D eigenvalue weighted by Crippen LogP contribution is -2.45. The number of aliphatic imine (C=N–C) groups is 1. The zero-order valence-electron chi connectivity index (χ0n) is 17.7. The van der Waals surface area contributed by atoms with Crippen molar-refractivity contribution in [3.63, 3.8) is 0 Å². The molecule has 1 aliphatic carbocycles. The van der Waals surface area contributed by atoms with Crippen molar-refractivity contribution < 1.29 is 0 Å². The van der Waals surface area contributed by atoms with Crippen molar-refractivity contribution in [2.45, 2.75) is 52.1 Å². The molecule has 1 saturated carbocycles. The van der Waals surface area contributed by atoms with Crippen molar-refractivity contribution in [3.05, 3.63) is 23.9 Å². The molecule has 2 fully saturated rings. The summed E-state index contributed by atoms with van der Waals surface area (Å²) in [6.45, 7) is 10.3. The Morgan fingerprint density at radius 3 is 2.57 bits per heavy atom. The summed E-state index contributed by atoms with van der Waals surface area (Å²) in [5.74, 6) is 2.89. The predicted molar refractivity (Wildman–Crippen MR) is 129 cm³/mol. The Balaban J connectivity index is 0.00000280. The first-order chi connectivity index (χ1) is 13.1. The largest absolute Gasteiger partial charge is 0.357 e. The van der Waals surface area contributed by atoms with Crippen molar-refractivity contribution in [2.75, 3.05) is 44.7 Å². The van der Waals surface area contributed by atoms with Gasteiger partial charge in [-0.3, -0.25) is 0 Å². The van der Waals surface area contributed by atoms with Crippen LogP contribution in [0, 0.1) is 5.92 Å². The molecule has 3 rings (SSSR count). The van der Waals surface area contributed by atoms with Gasteiger partial charge in [0.05, 0.1) is 6.54 Å². The fraction of sp³-hybridized carbons (Fsp3) is 0.714. The van der Waals surface area contributed by atoms with Gasteiger partial charge in [0.1, 0.15) is 5.82 Å². The van der Waals surface area contributed by atoms with Crippen LogP contribution in [-0.2, 0) is 6.54 Å². The maximum absolute atomic E-state index is 4.84. The Kier molecular flexibility index (Phi) is 9.77. The average Bonchev–Trinajstić information content (AvgIpc) is 2.69. The van der Waals surface area contributed by atoms with Crippen LogP contribution in [0.3, 0.4) is 0 Å². The molecule has 0 amide bonds. The highest BCUT2D eigenvalue weighted by molar-refractivity contribution is 14.0. The van der Waals surface area contributed by atoms with Crippen LogP contribution in [0.2, 0.25) is 0 Å². The molecule has 6 nitrogen and oxygen atoms in total. The van der Waals surface area contributed by atoms with Gasteiger partial charge >= 0.3 is 0 Å². The van der Waals surface area contributed by atoms with Crippen LogP contribution >= 0.6 is 24.0 Å². The zero-order chi connectivity index (χ0) is 19.1. The first-order valence-corrected chi connectivity index (χ1v) is 10.6. The second-order valence-electron chi connectivity index (χ2n) is 8.11. The van der Waals surface area contributed by atoms with Crippen molar-refractivity contribution in [1.29, 1.82) is 0 Å². The second kappa shape index (κ2) is 11.8. The number of halogens is 1. The minimum atomic E-state index is 0. The fourth-order valence-corrected chi connectivity index (χ4v) is 3.86. The number of hydrogen-bond donors (Lipinski definition) is 2. The number of nitrogens with one attached hydrogen (secondary N) is 2. The molecule has 1 saturated heterocycles. The summed E-state index contributed by atoms with van der Waals surface area (Å²) < 4.78 is 0. The molecule has 1 aromatic rings. The number of anilines is 1. The highest BCUT2D eigenvalue weighted by Gasteiger charge is 2.19. The van der Waals surface area contributed by atoms with Gasteiger partial charge in [0, 0.05) is 45.0 Å². The summed E-state index contributed by atoms with van der Waals surface area (Å²) in [7, 11) is 2.18. The van der Waals surface area contributed by atoms with Crippen molar-refractivity contribution in [3.8, 4) is 0 Å². The molecule has 1 aliphatic heterocycles. The molecule has 1 aromatic heterocycles. The van der Waals surface area contributed by atoms with Crippen molar-refractivity contribution in [2.24, 2.45) is 10.9 Å². The standard InChI is InChI=1S/C21H36N6.HI/c1-4-22-21(25-19-7-5-17(2)6-8-19)24-16-18-9-10-23-20(15-18)27-13-11-26(3)12-14-27;/h9-10,15,17,19H,4-8,11-14,16H2,1-3H3,(H2,22,24,25);1H. The van der Waals surface area contributed by atoms with Gasteiger partial charge in [-0.2, -0.15) is 0 Å². The number of nitrogens with zero attached hydrogens (tertiary/aromatic N) is 4. The molecule has 2 aliphatic rings. The third-order valence-electron chi connectivity index (χ3n) is 5.76. The van der Waals surface area contributed by atoms with E-state index in [1.54, 1.807) is 0 Å². The Labute approximate surface area is 187 Å². The van der Waals surface area contributed by atoms with Crippen LogP contribution in [0.1, 0.15) is 45.1 Å². The van der Waals surface area contributed by atoms with E-state index in [0.717, 1.165) is 50.4 Å². The lowest BCUT2D eigenvalue weighted by atomic mass is 9.87. The van der Waals surface area contributed by atoms with E-state index < -0.39 is 0 Å². The summed E-state index contributed by atoms with van der Waals surface area (Å²) in [5.41, 5.74) is 1.22. The smallest absolute Gasteiger partial charge is 0.191 e. The van der Waals surface area contributed by atoms with Gasteiger partial charge in [0.25, 0.3) is 0 Å². The molecule has 7 heteroatoms. The van der Waals surface area contributed by atoms with Crippen LogP contribution in [0.15, 0.2) is 23.3 Å². The SMILES string of the molecule is CCNC(=NCc1ccnc(N2CCN(C)CC2)c1)NC1CCC(C)CC1.I. The molecule has 28 heavy (non-hydrogen) atoms. The molecule has 0 spiro atoms. The van der Waals surface area contributed by atoms with Crippen molar-refractivity contribution >= 4 is 35.8 Å². The summed E-state index contributed by atoms with van der Waals surface area (Å²) in [6, 6.07) is 4.83. The van der Waals surface area contributed by atoms with Gasteiger partial charge in [-0.15, -0.1) is 24.0 Å². The third kappa shape index (κ3) is 7.06. The minimum Gasteiger partial charge on any atom is -0.357 e. The number of rotatable bonds is 5. The van der Waals surface area contributed by atoms with Gasteiger partial charge in [-0.1, -0.05) is 6.92 Å². The van der Waals surface area contributed by atoms with Gasteiger partial charge in [-0.05, 0) is 63.3 Å². The van der Waals surface area contributed by atoms with Gasteiger partial charge in [-0.25, -0.2) is 9.98 Å². The summed E-state index contributed by atoms with van der Waals surface area (Å²) in [4.78, 5) is 14.2. The van der Waals surface area contributed by atoms with E-state index in [-0.39, 0.29) is 24.0 Å². The van der Waals surface area contributed by atoms with Gasteiger partial charge in [0.2, 0.25) is 0 Å². The zero-order valence-corrected chi connectivity index (χ0v) is 20.0. The molecule has 0 atom stereocenters. The lowest BCUT2D eigenvalue weighted by Gasteiger charge is -2.33. The highest BCUT2D eigenvalue weighted by Crippen LogP contribution is 2.23. The molecule has 0 radical (unpaired) electrons. The third-order valence-corrected chi connectivity index (χ3v) is 5.76. The first kappa shape index (κ1) is 23.2. The number of piperazine rings is 1. The minimum absolute atomic E-state index is 0. The summed E-state index contributed by atoms with van der Waals surface area (Å²) >= 11 is 0. The van der Waals surface area contributed by atoms with Crippen LogP contribution in [-0.4, -0.2) is 61.7 Å². The van der Waals surface area contributed by atoms with E-state index in [1.165, 1.54) is 31.2 Å². The van der Waals surface area contributed by atoms with E-state index >= 15 is 0 Å². The topological polar surface area (TPSA) is 55.8 Å². The van der Waals surface area contributed by atoms with Gasteiger partial charge in [0.15, 0.2) is 5.96 Å². The number of pyridine rings is 1. The van der Waals surface area contributed by atoms with Crippen LogP contribution in [0.4, 0.5) is 5.82 Å². The Bertz CT molecular complexity index is 607. The summed E-state index contributed by atoms with van der Waals surface area (Å²) in [6.07, 6.45) is 7.04. The average molecular weight is 500 g/mol. The molecular formula is C21H37IN6. The monoisotopic (exact) mass is 500 g/mol. The molecule has 2 N–H and O–H groups in total. The first-order valence-electron chi connectivity index (χ1n) is 10.6. The van der Waals surface area contributed by atoms with E-state index in [9.17, 15) is 0 Å². The van der Waals surface area contributed by atoms with Crippen LogP contribution in [0.25, 0.3) is 0 Å². The predicted octanol–water partition coefficient (Wildman–Crippen LogP) is 3.09.